The monoisotopic (exact) mass is 278 g/mol. The Kier molecular flexibility index (Phi) is 6.52. The van der Waals surface area contributed by atoms with E-state index in [-0.39, 0.29) is 11.9 Å². The summed E-state index contributed by atoms with van der Waals surface area (Å²) in [5.74, 6) is 0.697. The molecule has 0 saturated heterocycles. The Morgan fingerprint density at radius 1 is 1.35 bits per heavy atom. The van der Waals surface area contributed by atoms with Crippen LogP contribution in [0, 0.1) is 0 Å². The molecule has 4 nitrogen and oxygen atoms in total. The molecule has 112 valence electrons. The summed E-state index contributed by atoms with van der Waals surface area (Å²) < 4.78 is 5.71. The quantitative estimate of drug-likeness (QED) is 0.833. The first-order valence-electron chi connectivity index (χ1n) is 7.16. The minimum Gasteiger partial charge on any atom is -0.481 e. The second kappa shape index (κ2) is 7.90. The van der Waals surface area contributed by atoms with E-state index in [1.165, 1.54) is 5.56 Å². The SMILES string of the molecule is CCCNC(C)c1cccc(OC(C)C(=O)N(C)C)c1. The van der Waals surface area contributed by atoms with Gasteiger partial charge in [0.25, 0.3) is 5.91 Å². The summed E-state index contributed by atoms with van der Waals surface area (Å²) in [6.07, 6.45) is 0.633. The van der Waals surface area contributed by atoms with Crippen molar-refractivity contribution in [1.29, 1.82) is 0 Å². The van der Waals surface area contributed by atoms with E-state index in [9.17, 15) is 4.79 Å². The van der Waals surface area contributed by atoms with Gasteiger partial charge in [-0.05, 0) is 44.5 Å². The Bertz CT molecular complexity index is 432. The third kappa shape index (κ3) is 4.85. The van der Waals surface area contributed by atoms with E-state index in [1.807, 2.05) is 18.2 Å². The number of rotatable bonds is 7. The number of nitrogens with zero attached hydrogens (tertiary/aromatic N) is 1. The first-order chi connectivity index (χ1) is 9.45. The van der Waals surface area contributed by atoms with Crippen molar-refractivity contribution in [2.45, 2.75) is 39.3 Å². The molecule has 0 spiro atoms. The average Bonchev–Trinajstić information content (AvgIpc) is 2.43. The molecule has 1 aromatic carbocycles. The molecule has 2 atom stereocenters. The van der Waals surface area contributed by atoms with Gasteiger partial charge in [-0.25, -0.2) is 0 Å². The lowest BCUT2D eigenvalue weighted by Gasteiger charge is -2.19. The lowest BCUT2D eigenvalue weighted by Crippen LogP contribution is -2.35. The van der Waals surface area contributed by atoms with Gasteiger partial charge in [-0.2, -0.15) is 0 Å². The fourth-order valence-corrected chi connectivity index (χ4v) is 1.95. The number of hydrogen-bond donors (Lipinski definition) is 1. The molecule has 0 bridgehead atoms. The van der Waals surface area contributed by atoms with Gasteiger partial charge in [0.05, 0.1) is 0 Å². The lowest BCUT2D eigenvalue weighted by molar-refractivity contribution is -0.135. The predicted octanol–water partition coefficient (Wildman–Crippen LogP) is 2.60. The normalized spacial score (nSPS) is 13.7. The van der Waals surface area contributed by atoms with E-state index in [0.29, 0.717) is 0 Å². The van der Waals surface area contributed by atoms with E-state index < -0.39 is 6.10 Å². The van der Waals surface area contributed by atoms with Gasteiger partial charge in [-0.1, -0.05) is 19.1 Å². The number of carbonyl (C=O) groups is 1. The Morgan fingerprint density at radius 2 is 2.05 bits per heavy atom. The summed E-state index contributed by atoms with van der Waals surface area (Å²) in [7, 11) is 3.46. The topological polar surface area (TPSA) is 41.6 Å². The molecule has 1 N–H and O–H groups in total. The van der Waals surface area contributed by atoms with Gasteiger partial charge in [0, 0.05) is 20.1 Å². The zero-order valence-corrected chi connectivity index (χ0v) is 13.1. The van der Waals surface area contributed by atoms with E-state index in [0.717, 1.165) is 18.7 Å². The Hall–Kier alpha value is -1.55. The summed E-state index contributed by atoms with van der Waals surface area (Å²) in [6, 6.07) is 8.18. The van der Waals surface area contributed by atoms with Gasteiger partial charge in [0.15, 0.2) is 6.10 Å². The first kappa shape index (κ1) is 16.5. The molecule has 0 radical (unpaired) electrons. The van der Waals surface area contributed by atoms with Crippen molar-refractivity contribution < 1.29 is 9.53 Å². The van der Waals surface area contributed by atoms with Crippen LogP contribution in [0.4, 0.5) is 0 Å². The third-order valence-electron chi connectivity index (χ3n) is 3.16. The molecule has 0 aliphatic carbocycles. The molecule has 1 amide bonds. The van der Waals surface area contributed by atoms with Crippen LogP contribution in [0.5, 0.6) is 5.75 Å². The maximum absolute atomic E-state index is 11.8. The smallest absolute Gasteiger partial charge is 0.262 e. The Morgan fingerprint density at radius 3 is 2.65 bits per heavy atom. The summed E-state index contributed by atoms with van der Waals surface area (Å²) >= 11 is 0. The Labute approximate surface area is 122 Å². The van der Waals surface area contributed by atoms with E-state index in [4.69, 9.17) is 4.74 Å². The van der Waals surface area contributed by atoms with Crippen LogP contribution in [-0.2, 0) is 4.79 Å². The molecule has 0 saturated carbocycles. The molecule has 0 aromatic heterocycles. The summed E-state index contributed by atoms with van der Waals surface area (Å²) in [5.41, 5.74) is 1.17. The second-order valence-corrected chi connectivity index (χ2v) is 5.24. The van der Waals surface area contributed by atoms with Crippen molar-refractivity contribution in [2.24, 2.45) is 0 Å². The van der Waals surface area contributed by atoms with Crippen LogP contribution in [0.2, 0.25) is 0 Å². The molecule has 2 unspecified atom stereocenters. The highest BCUT2D eigenvalue weighted by Crippen LogP contribution is 2.20. The summed E-state index contributed by atoms with van der Waals surface area (Å²) in [6.45, 7) is 7.03. The third-order valence-corrected chi connectivity index (χ3v) is 3.16. The van der Waals surface area contributed by atoms with Crippen LogP contribution in [0.25, 0.3) is 0 Å². The number of nitrogens with one attached hydrogen (secondary N) is 1. The van der Waals surface area contributed by atoms with E-state index >= 15 is 0 Å². The molecule has 0 fully saturated rings. The standard InChI is InChI=1S/C16H26N2O2/c1-6-10-17-12(2)14-8-7-9-15(11-14)20-13(3)16(19)18(4)5/h7-9,11-13,17H,6,10H2,1-5H3. The molecule has 0 aliphatic heterocycles. The summed E-state index contributed by atoms with van der Waals surface area (Å²) in [4.78, 5) is 13.3. The summed E-state index contributed by atoms with van der Waals surface area (Å²) in [5, 5.41) is 3.44. The van der Waals surface area contributed by atoms with Crippen LogP contribution in [0.1, 0.15) is 38.8 Å². The maximum atomic E-state index is 11.8. The van der Waals surface area contributed by atoms with Crippen molar-refractivity contribution >= 4 is 5.91 Å². The van der Waals surface area contributed by atoms with Gasteiger partial charge in [0.1, 0.15) is 5.75 Å². The van der Waals surface area contributed by atoms with Crippen molar-refractivity contribution in [3.8, 4) is 5.75 Å². The number of benzene rings is 1. The molecular weight excluding hydrogens is 252 g/mol. The highest BCUT2D eigenvalue weighted by molar-refractivity contribution is 5.80. The molecular formula is C16H26N2O2. The van der Waals surface area contributed by atoms with Crippen molar-refractivity contribution in [2.75, 3.05) is 20.6 Å². The predicted molar refractivity (Wildman–Crippen MR) is 81.9 cm³/mol. The maximum Gasteiger partial charge on any atom is 0.262 e. The average molecular weight is 278 g/mol. The first-order valence-corrected chi connectivity index (χ1v) is 7.16. The number of amides is 1. The van der Waals surface area contributed by atoms with Gasteiger partial charge in [-0.15, -0.1) is 0 Å². The largest absolute Gasteiger partial charge is 0.481 e. The van der Waals surface area contributed by atoms with Crippen LogP contribution in [0.3, 0.4) is 0 Å². The van der Waals surface area contributed by atoms with Gasteiger partial charge in [0.2, 0.25) is 0 Å². The fraction of sp³-hybridized carbons (Fsp3) is 0.562. The van der Waals surface area contributed by atoms with Crippen LogP contribution >= 0.6 is 0 Å². The van der Waals surface area contributed by atoms with Gasteiger partial charge >= 0.3 is 0 Å². The van der Waals surface area contributed by atoms with Crippen molar-refractivity contribution in [3.05, 3.63) is 29.8 Å². The molecule has 4 heteroatoms. The van der Waals surface area contributed by atoms with Crippen molar-refractivity contribution in [3.63, 3.8) is 0 Å². The minimum absolute atomic E-state index is 0.0347. The molecule has 1 rings (SSSR count). The molecule has 0 heterocycles. The second-order valence-electron chi connectivity index (χ2n) is 5.24. The van der Waals surface area contributed by atoms with Crippen LogP contribution < -0.4 is 10.1 Å². The number of hydrogen-bond acceptors (Lipinski definition) is 3. The van der Waals surface area contributed by atoms with Crippen LogP contribution in [-0.4, -0.2) is 37.6 Å². The van der Waals surface area contributed by atoms with E-state index in [1.54, 1.807) is 25.9 Å². The number of carbonyl (C=O) groups excluding carboxylic acids is 1. The fourth-order valence-electron chi connectivity index (χ4n) is 1.95. The lowest BCUT2D eigenvalue weighted by atomic mass is 10.1. The zero-order valence-electron chi connectivity index (χ0n) is 13.1. The Balaban J connectivity index is 2.70. The van der Waals surface area contributed by atoms with Gasteiger partial charge < -0.3 is 15.0 Å². The molecule has 20 heavy (non-hydrogen) atoms. The number of ether oxygens (including phenoxy) is 1. The zero-order chi connectivity index (χ0) is 15.1. The van der Waals surface area contributed by atoms with Gasteiger partial charge in [-0.3, -0.25) is 4.79 Å². The highest BCUT2D eigenvalue weighted by atomic mass is 16.5. The number of likely N-dealkylation sites (N-methyl/N-ethyl adjacent to an activating group) is 1. The van der Waals surface area contributed by atoms with Crippen LogP contribution in [0.15, 0.2) is 24.3 Å². The molecule has 0 aliphatic rings. The minimum atomic E-state index is -0.473. The van der Waals surface area contributed by atoms with E-state index in [2.05, 4.69) is 25.2 Å². The van der Waals surface area contributed by atoms with Crippen molar-refractivity contribution in [1.82, 2.24) is 10.2 Å². The highest BCUT2D eigenvalue weighted by Gasteiger charge is 2.16. The molecule has 1 aromatic rings.